The fourth-order valence-corrected chi connectivity index (χ4v) is 6.16. The van der Waals surface area contributed by atoms with Crippen molar-refractivity contribution in [3.63, 3.8) is 0 Å². The normalized spacial score (nSPS) is 19.3. The predicted octanol–water partition coefficient (Wildman–Crippen LogP) is 7.87. The van der Waals surface area contributed by atoms with Crippen LogP contribution in [0.15, 0.2) is 71.7 Å². The van der Waals surface area contributed by atoms with Gasteiger partial charge in [0.05, 0.1) is 18.2 Å². The highest BCUT2D eigenvalue weighted by atomic mass is 35.5. The van der Waals surface area contributed by atoms with Crippen LogP contribution in [0.5, 0.6) is 5.75 Å². The maximum absolute atomic E-state index is 14.7. The highest BCUT2D eigenvalue weighted by molar-refractivity contribution is 6.30. The molecule has 1 saturated heterocycles. The van der Waals surface area contributed by atoms with Crippen LogP contribution in [-0.4, -0.2) is 76.5 Å². The van der Waals surface area contributed by atoms with Gasteiger partial charge in [-0.1, -0.05) is 74.3 Å². The molecule has 1 unspecified atom stereocenters. The first-order chi connectivity index (χ1) is 21.4. The number of piperazine rings is 1. The number of hydrogen-bond donors (Lipinski definition) is 1. The third-order valence-corrected chi connectivity index (χ3v) is 9.08. The Morgan fingerprint density at radius 3 is 2.02 bits per heavy atom. The average molecular weight is 688 g/mol. The molecule has 2 aliphatic heterocycles. The van der Waals surface area contributed by atoms with Crippen molar-refractivity contribution < 1.29 is 19.4 Å². The quantitative estimate of drug-likeness (QED) is 0.273. The lowest BCUT2D eigenvalue weighted by molar-refractivity contribution is -0.143. The molecule has 3 aromatic carbocycles. The Morgan fingerprint density at radius 1 is 0.935 bits per heavy atom. The van der Waals surface area contributed by atoms with Gasteiger partial charge >= 0.3 is 12.0 Å². The maximum Gasteiger partial charge on any atom is 0.326 e. The number of rotatable bonds is 7. The molecular formula is C35H41Cl3N4O4. The molecule has 2 aliphatic rings. The largest absolute Gasteiger partial charge is 0.493 e. The lowest BCUT2D eigenvalue weighted by atomic mass is 9.86. The topological polar surface area (TPSA) is 85.7 Å². The van der Waals surface area contributed by atoms with E-state index in [2.05, 4.69) is 26.8 Å². The number of nitrogens with zero attached hydrogens (tertiary/aromatic N) is 4. The van der Waals surface area contributed by atoms with Crippen LogP contribution in [0.25, 0.3) is 0 Å². The van der Waals surface area contributed by atoms with Gasteiger partial charge in [-0.15, -0.1) is 12.4 Å². The number of aliphatic carboxylic acids is 1. The zero-order valence-corrected chi connectivity index (χ0v) is 29.1. The summed E-state index contributed by atoms with van der Waals surface area (Å²) >= 11 is 12.6. The van der Waals surface area contributed by atoms with Crippen molar-refractivity contribution in [2.45, 2.75) is 58.2 Å². The van der Waals surface area contributed by atoms with Gasteiger partial charge in [-0.25, -0.2) is 4.79 Å². The van der Waals surface area contributed by atoms with Crippen molar-refractivity contribution in [1.82, 2.24) is 14.7 Å². The number of carbonyl (C=O) groups is 2. The van der Waals surface area contributed by atoms with Crippen molar-refractivity contribution in [3.8, 4) is 5.75 Å². The summed E-state index contributed by atoms with van der Waals surface area (Å²) in [5.74, 6) is 0.304. The van der Waals surface area contributed by atoms with Crippen LogP contribution in [-0.2, 0) is 10.2 Å². The van der Waals surface area contributed by atoms with Crippen molar-refractivity contribution in [2.75, 3.05) is 32.8 Å². The van der Waals surface area contributed by atoms with E-state index in [9.17, 15) is 14.7 Å². The lowest BCUT2D eigenvalue weighted by Gasteiger charge is -2.40. The highest BCUT2D eigenvalue weighted by Crippen LogP contribution is 2.46. The molecule has 0 spiro atoms. The number of hydrogen-bond acceptors (Lipinski definition) is 5. The third-order valence-electron chi connectivity index (χ3n) is 8.57. The lowest BCUT2D eigenvalue weighted by Crippen LogP contribution is -2.56. The summed E-state index contributed by atoms with van der Waals surface area (Å²) in [6.07, 6.45) is 0. The summed E-state index contributed by atoms with van der Waals surface area (Å²) in [5, 5.41) is 10.8. The number of urea groups is 1. The first kappa shape index (κ1) is 35.6. The van der Waals surface area contributed by atoms with E-state index in [0.29, 0.717) is 54.4 Å². The number of halogens is 3. The number of aliphatic imine (C=N–C) groups is 1. The molecule has 0 aliphatic carbocycles. The molecule has 11 heteroatoms. The number of carboxylic acid groups (broad SMARTS) is 1. The number of carboxylic acids is 1. The second-order valence-electron chi connectivity index (χ2n) is 12.5. The molecule has 1 fully saturated rings. The van der Waals surface area contributed by atoms with Crippen LogP contribution in [0.3, 0.4) is 0 Å². The molecule has 46 heavy (non-hydrogen) atoms. The standard InChI is InChI=1S/C35H40Cl2N4O4.ClH/c1-6-45-29-21-25(35(3,4)5)11-16-28(29)32-38-30(23-7-12-26(36)13-8-23)31(24-9-14-27(37)15-10-24)41(32)34(44)40-19-17-39(18-20-40)22(2)33(42)43;/h7-16,21-22,30-31H,6,17-20H2,1-5H3,(H,42,43);1H/t22?,30-,31+;/m0./s1. The summed E-state index contributed by atoms with van der Waals surface area (Å²) in [4.78, 5) is 37.1. The van der Waals surface area contributed by atoms with E-state index >= 15 is 0 Å². The van der Waals surface area contributed by atoms with E-state index < -0.39 is 24.1 Å². The summed E-state index contributed by atoms with van der Waals surface area (Å²) < 4.78 is 6.21. The Labute approximate surface area is 287 Å². The SMILES string of the molecule is CCOc1cc(C(C)(C)C)ccc1C1=N[C@@H](c2ccc(Cl)cc2)[C@@H](c2ccc(Cl)cc2)N1C(=O)N1CCN(C(C)C(=O)O)CC1.Cl. The molecule has 2 amide bonds. The smallest absolute Gasteiger partial charge is 0.326 e. The molecule has 2 heterocycles. The number of amidine groups is 1. The first-order valence-corrected chi connectivity index (χ1v) is 16.1. The Bertz CT molecular complexity index is 1570. The summed E-state index contributed by atoms with van der Waals surface area (Å²) in [7, 11) is 0. The average Bonchev–Trinajstić information content (AvgIpc) is 3.41. The van der Waals surface area contributed by atoms with Gasteiger partial charge in [-0.2, -0.15) is 0 Å². The molecule has 5 rings (SSSR count). The van der Waals surface area contributed by atoms with Gasteiger partial charge in [0.2, 0.25) is 0 Å². The second-order valence-corrected chi connectivity index (χ2v) is 13.4. The van der Waals surface area contributed by atoms with E-state index in [4.69, 9.17) is 32.9 Å². The van der Waals surface area contributed by atoms with E-state index in [1.807, 2.05) is 72.5 Å². The minimum atomic E-state index is -0.875. The number of benzene rings is 3. The maximum atomic E-state index is 14.7. The van der Waals surface area contributed by atoms with E-state index in [1.165, 1.54) is 0 Å². The molecule has 0 saturated carbocycles. The van der Waals surface area contributed by atoms with Crippen molar-refractivity contribution in [2.24, 2.45) is 4.99 Å². The van der Waals surface area contributed by atoms with Gasteiger partial charge in [-0.05, 0) is 72.4 Å². The fourth-order valence-electron chi connectivity index (χ4n) is 5.91. The van der Waals surface area contributed by atoms with E-state index in [1.54, 1.807) is 16.7 Å². The molecule has 0 aromatic heterocycles. The van der Waals surface area contributed by atoms with Gasteiger partial charge in [0.15, 0.2) is 0 Å². The fraction of sp³-hybridized carbons (Fsp3) is 0.400. The van der Waals surface area contributed by atoms with Crippen LogP contribution in [0, 0.1) is 0 Å². The summed E-state index contributed by atoms with van der Waals surface area (Å²) in [6.45, 7) is 12.2. The number of ether oxygens (including phenoxy) is 1. The van der Waals surface area contributed by atoms with E-state index in [-0.39, 0.29) is 23.9 Å². The van der Waals surface area contributed by atoms with Gasteiger partial charge in [-0.3, -0.25) is 19.6 Å². The Balaban J connectivity index is 0.00000480. The van der Waals surface area contributed by atoms with Crippen LogP contribution in [0.2, 0.25) is 10.0 Å². The van der Waals surface area contributed by atoms with Crippen molar-refractivity contribution in [3.05, 3.63) is 99.0 Å². The van der Waals surface area contributed by atoms with Crippen LogP contribution < -0.4 is 4.74 Å². The molecule has 3 aromatic rings. The highest BCUT2D eigenvalue weighted by Gasteiger charge is 2.45. The molecule has 1 N–H and O–H groups in total. The Morgan fingerprint density at radius 2 is 1.50 bits per heavy atom. The molecular weight excluding hydrogens is 647 g/mol. The molecule has 8 nitrogen and oxygen atoms in total. The van der Waals surface area contributed by atoms with Crippen molar-refractivity contribution >= 4 is 53.4 Å². The van der Waals surface area contributed by atoms with Gasteiger partial charge < -0.3 is 14.7 Å². The van der Waals surface area contributed by atoms with E-state index in [0.717, 1.165) is 22.3 Å². The molecule has 246 valence electrons. The minimum Gasteiger partial charge on any atom is -0.493 e. The molecule has 3 atom stereocenters. The minimum absolute atomic E-state index is 0. The summed E-state index contributed by atoms with van der Waals surface area (Å²) in [6, 6.07) is 19.5. The third kappa shape index (κ3) is 7.46. The first-order valence-electron chi connectivity index (χ1n) is 15.3. The molecule has 0 radical (unpaired) electrons. The Kier molecular flexibility index (Phi) is 11.3. The van der Waals surface area contributed by atoms with Crippen LogP contribution in [0.4, 0.5) is 4.79 Å². The van der Waals surface area contributed by atoms with Crippen molar-refractivity contribution in [1.29, 1.82) is 0 Å². The zero-order chi connectivity index (χ0) is 32.5. The summed E-state index contributed by atoms with van der Waals surface area (Å²) in [5.41, 5.74) is 3.53. The van der Waals surface area contributed by atoms with Gasteiger partial charge in [0.25, 0.3) is 0 Å². The Hall–Kier alpha value is -3.30. The van der Waals surface area contributed by atoms with Gasteiger partial charge in [0.1, 0.15) is 23.7 Å². The number of carbonyl (C=O) groups excluding carboxylic acids is 1. The van der Waals surface area contributed by atoms with Gasteiger partial charge in [0, 0.05) is 36.2 Å². The number of amides is 2. The molecule has 0 bridgehead atoms. The zero-order valence-electron chi connectivity index (χ0n) is 26.7. The van der Waals surface area contributed by atoms with Crippen LogP contribution >= 0.6 is 35.6 Å². The second kappa shape index (κ2) is 14.6. The monoisotopic (exact) mass is 686 g/mol. The van der Waals surface area contributed by atoms with Crippen LogP contribution in [0.1, 0.15) is 69.0 Å². The predicted molar refractivity (Wildman–Crippen MR) is 186 cm³/mol.